The molecule has 1 aromatic heterocycles. The molecule has 1 aliphatic carbocycles. The zero-order valence-electron chi connectivity index (χ0n) is 9.07. The first kappa shape index (κ1) is 11.4. The highest BCUT2D eigenvalue weighted by atomic mass is 19.3. The summed E-state index contributed by atoms with van der Waals surface area (Å²) in [4.78, 5) is 0. The molecule has 1 aromatic rings. The lowest BCUT2D eigenvalue weighted by Gasteiger charge is -2.23. The van der Waals surface area contributed by atoms with Crippen LogP contribution in [-0.2, 0) is 6.54 Å². The Hall–Kier alpha value is -1.04. The van der Waals surface area contributed by atoms with E-state index in [1.807, 2.05) is 0 Å². The van der Waals surface area contributed by atoms with Crippen LogP contribution in [0.25, 0.3) is 0 Å². The number of alkyl halides is 2. The molecule has 0 radical (unpaired) electrons. The van der Waals surface area contributed by atoms with Crippen LogP contribution in [0.4, 0.5) is 8.78 Å². The zero-order chi connectivity index (χ0) is 11.5. The number of nitrogens with two attached hydrogens (primary N) is 1. The highest BCUT2D eigenvalue weighted by Crippen LogP contribution is 2.32. The topological polar surface area (TPSA) is 56.7 Å². The summed E-state index contributed by atoms with van der Waals surface area (Å²) in [6, 6.07) is 0.0746. The molecule has 16 heavy (non-hydrogen) atoms. The second kappa shape index (κ2) is 4.86. The summed E-state index contributed by atoms with van der Waals surface area (Å²) < 4.78 is 27.2. The Balaban J connectivity index is 2.28. The van der Waals surface area contributed by atoms with Gasteiger partial charge >= 0.3 is 0 Å². The van der Waals surface area contributed by atoms with E-state index in [0.29, 0.717) is 0 Å². The summed E-state index contributed by atoms with van der Waals surface area (Å²) in [5.74, 6) is 0. The lowest BCUT2D eigenvalue weighted by molar-refractivity contribution is 0.131. The predicted molar refractivity (Wildman–Crippen MR) is 55.0 cm³/mol. The first-order valence-corrected chi connectivity index (χ1v) is 5.66. The third-order valence-electron chi connectivity index (χ3n) is 3.12. The number of nitrogens with zero attached hydrogens (tertiary/aromatic N) is 3. The van der Waals surface area contributed by atoms with Crippen molar-refractivity contribution in [1.82, 2.24) is 15.0 Å². The molecule has 0 unspecified atom stereocenters. The van der Waals surface area contributed by atoms with Gasteiger partial charge in [0.1, 0.15) is 11.4 Å². The molecule has 2 N–H and O–H groups in total. The van der Waals surface area contributed by atoms with Crippen LogP contribution >= 0.6 is 0 Å². The van der Waals surface area contributed by atoms with Gasteiger partial charge < -0.3 is 5.73 Å². The Morgan fingerprint density at radius 3 is 2.56 bits per heavy atom. The Labute approximate surface area is 92.8 Å². The predicted octanol–water partition coefficient (Wildman–Crippen LogP) is 2.18. The standard InChI is InChI=1S/C10H16F2N4/c11-10(12)9-8(6-13)14-15-16(9)7-4-2-1-3-5-7/h7,10H,1-6,13H2. The van der Waals surface area contributed by atoms with Crippen LogP contribution in [0, 0.1) is 0 Å². The lowest BCUT2D eigenvalue weighted by Crippen LogP contribution is -2.17. The maximum atomic E-state index is 12.9. The molecule has 0 amide bonds. The van der Waals surface area contributed by atoms with Gasteiger partial charge in [0.05, 0.1) is 6.04 Å². The number of aromatic nitrogens is 3. The minimum absolute atomic E-state index is 0.0202. The van der Waals surface area contributed by atoms with Gasteiger partial charge in [0.2, 0.25) is 0 Å². The van der Waals surface area contributed by atoms with E-state index >= 15 is 0 Å². The number of rotatable bonds is 3. The fourth-order valence-corrected chi connectivity index (χ4v) is 2.30. The third kappa shape index (κ3) is 2.07. The maximum Gasteiger partial charge on any atom is 0.281 e. The second-order valence-electron chi connectivity index (χ2n) is 4.16. The quantitative estimate of drug-likeness (QED) is 0.865. The second-order valence-corrected chi connectivity index (χ2v) is 4.16. The molecule has 1 aliphatic rings. The molecule has 1 saturated carbocycles. The van der Waals surface area contributed by atoms with Crippen molar-refractivity contribution in [2.75, 3.05) is 0 Å². The van der Waals surface area contributed by atoms with E-state index in [-0.39, 0.29) is 24.0 Å². The van der Waals surface area contributed by atoms with Gasteiger partial charge in [-0.15, -0.1) is 5.10 Å². The summed E-state index contributed by atoms with van der Waals surface area (Å²) in [5, 5.41) is 7.58. The van der Waals surface area contributed by atoms with Crippen LogP contribution in [0.1, 0.15) is 56.0 Å². The van der Waals surface area contributed by atoms with Crippen LogP contribution in [0.5, 0.6) is 0 Å². The highest BCUT2D eigenvalue weighted by molar-refractivity contribution is 5.12. The van der Waals surface area contributed by atoms with Crippen LogP contribution in [0.3, 0.4) is 0 Å². The average molecular weight is 230 g/mol. The van der Waals surface area contributed by atoms with Crippen molar-refractivity contribution < 1.29 is 8.78 Å². The minimum Gasteiger partial charge on any atom is -0.325 e. The van der Waals surface area contributed by atoms with Crippen LogP contribution < -0.4 is 5.73 Å². The smallest absolute Gasteiger partial charge is 0.281 e. The Morgan fingerprint density at radius 2 is 2.00 bits per heavy atom. The van der Waals surface area contributed by atoms with Gasteiger partial charge in [-0.25, -0.2) is 13.5 Å². The van der Waals surface area contributed by atoms with Crippen molar-refractivity contribution in [1.29, 1.82) is 0 Å². The third-order valence-corrected chi connectivity index (χ3v) is 3.12. The molecule has 6 heteroatoms. The number of hydrogen-bond acceptors (Lipinski definition) is 3. The Morgan fingerprint density at radius 1 is 1.31 bits per heavy atom. The molecule has 90 valence electrons. The fourth-order valence-electron chi connectivity index (χ4n) is 2.30. The average Bonchev–Trinajstić information content (AvgIpc) is 2.73. The molecule has 0 aromatic carbocycles. The van der Waals surface area contributed by atoms with Gasteiger partial charge in [-0.2, -0.15) is 0 Å². The molecule has 4 nitrogen and oxygen atoms in total. The van der Waals surface area contributed by atoms with E-state index in [1.54, 1.807) is 0 Å². The monoisotopic (exact) mass is 230 g/mol. The van der Waals surface area contributed by atoms with Crippen molar-refractivity contribution in [3.8, 4) is 0 Å². The Bertz CT molecular complexity index is 345. The minimum atomic E-state index is -2.55. The molecule has 0 atom stereocenters. The summed E-state index contributed by atoms with van der Waals surface area (Å²) in [6.45, 7) is 0.0202. The number of hydrogen-bond donors (Lipinski definition) is 1. The highest BCUT2D eigenvalue weighted by Gasteiger charge is 2.26. The summed E-state index contributed by atoms with van der Waals surface area (Å²) in [5.41, 5.74) is 5.52. The first-order chi connectivity index (χ1) is 7.74. The lowest BCUT2D eigenvalue weighted by atomic mass is 9.95. The molecule has 1 fully saturated rings. The van der Waals surface area contributed by atoms with Crippen molar-refractivity contribution in [3.63, 3.8) is 0 Å². The van der Waals surface area contributed by atoms with Crippen LogP contribution in [0.2, 0.25) is 0 Å². The zero-order valence-corrected chi connectivity index (χ0v) is 9.07. The largest absolute Gasteiger partial charge is 0.325 e. The molecule has 0 saturated heterocycles. The van der Waals surface area contributed by atoms with E-state index in [1.165, 1.54) is 11.1 Å². The van der Waals surface area contributed by atoms with E-state index in [4.69, 9.17) is 5.73 Å². The van der Waals surface area contributed by atoms with Gasteiger partial charge in [0.15, 0.2) is 0 Å². The van der Waals surface area contributed by atoms with Gasteiger partial charge in [-0.3, -0.25) is 0 Å². The van der Waals surface area contributed by atoms with E-state index < -0.39 is 6.43 Å². The van der Waals surface area contributed by atoms with Crippen molar-refractivity contribution >= 4 is 0 Å². The van der Waals surface area contributed by atoms with Gasteiger partial charge in [0, 0.05) is 6.54 Å². The fraction of sp³-hybridized carbons (Fsp3) is 0.800. The van der Waals surface area contributed by atoms with E-state index in [9.17, 15) is 8.78 Å². The summed E-state index contributed by atoms with van der Waals surface area (Å²) in [6.07, 6.45) is 2.60. The van der Waals surface area contributed by atoms with Crippen molar-refractivity contribution in [2.45, 2.75) is 51.1 Å². The Kier molecular flexibility index (Phi) is 3.48. The summed E-state index contributed by atoms with van der Waals surface area (Å²) >= 11 is 0. The molecule has 0 spiro atoms. The molecule has 2 rings (SSSR count). The number of halogens is 2. The SMILES string of the molecule is NCc1nnn(C2CCCCC2)c1C(F)F. The molecule has 0 bridgehead atoms. The maximum absolute atomic E-state index is 12.9. The van der Waals surface area contributed by atoms with E-state index in [0.717, 1.165) is 25.7 Å². The molecule has 0 aliphatic heterocycles. The molecular weight excluding hydrogens is 214 g/mol. The van der Waals surface area contributed by atoms with Gasteiger partial charge in [-0.05, 0) is 12.8 Å². The first-order valence-electron chi connectivity index (χ1n) is 5.66. The normalized spacial score (nSPS) is 18.2. The summed E-state index contributed by atoms with van der Waals surface area (Å²) in [7, 11) is 0. The van der Waals surface area contributed by atoms with Crippen molar-refractivity contribution in [3.05, 3.63) is 11.4 Å². The van der Waals surface area contributed by atoms with Gasteiger partial charge in [0.25, 0.3) is 6.43 Å². The van der Waals surface area contributed by atoms with Crippen molar-refractivity contribution in [2.24, 2.45) is 5.73 Å². The van der Waals surface area contributed by atoms with Gasteiger partial charge in [-0.1, -0.05) is 24.5 Å². The van der Waals surface area contributed by atoms with E-state index in [2.05, 4.69) is 10.3 Å². The molecular formula is C10H16F2N4. The van der Waals surface area contributed by atoms with Crippen LogP contribution in [0.15, 0.2) is 0 Å². The molecule has 1 heterocycles. The van der Waals surface area contributed by atoms with Crippen LogP contribution in [-0.4, -0.2) is 15.0 Å².